The fraction of sp³-hybridized carbons (Fsp3) is 0.0909. The van der Waals surface area contributed by atoms with Gasteiger partial charge < -0.3 is 9.97 Å². The van der Waals surface area contributed by atoms with Crippen molar-refractivity contribution in [3.8, 4) is 5.69 Å². The summed E-state index contributed by atoms with van der Waals surface area (Å²) in [4.78, 5) is 6.17. The first-order valence-corrected chi connectivity index (χ1v) is 5.87. The number of hydrogen-bond acceptors (Lipinski definition) is 2. The van der Waals surface area contributed by atoms with E-state index in [-0.39, 0.29) is 0 Å². The average molecular weight is 265 g/mol. The summed E-state index contributed by atoms with van der Waals surface area (Å²) in [6.07, 6.45) is 0. The number of rotatable bonds is 1. The van der Waals surface area contributed by atoms with Crippen LogP contribution in [-0.2, 0) is 0 Å². The highest BCUT2D eigenvalue weighted by Gasteiger charge is 2.10. The van der Waals surface area contributed by atoms with Gasteiger partial charge in [0.2, 0.25) is 0 Å². The molecule has 0 unspecified atom stereocenters. The third-order valence-electron chi connectivity index (χ3n) is 2.60. The average Bonchev–Trinajstić information content (AvgIpc) is 2.80. The minimum atomic E-state index is 0.600. The molecule has 2 N–H and O–H groups in total. The van der Waals surface area contributed by atoms with Gasteiger partial charge in [-0.2, -0.15) is 5.10 Å². The van der Waals surface area contributed by atoms with Crippen LogP contribution in [0.3, 0.4) is 0 Å². The van der Waals surface area contributed by atoms with Crippen LogP contribution in [-0.4, -0.2) is 19.7 Å². The first-order valence-electron chi connectivity index (χ1n) is 5.09. The van der Waals surface area contributed by atoms with Gasteiger partial charge in [-0.3, -0.25) is 0 Å². The number of aromatic nitrogens is 4. The second kappa shape index (κ2) is 3.72. The second-order valence-electron chi connectivity index (χ2n) is 3.78. The van der Waals surface area contributed by atoms with E-state index >= 15 is 0 Å². The number of aromatic amines is 2. The van der Waals surface area contributed by atoms with Gasteiger partial charge in [-0.05, 0) is 43.4 Å². The molecule has 2 heterocycles. The van der Waals surface area contributed by atoms with Crippen LogP contribution in [0.15, 0.2) is 24.3 Å². The van der Waals surface area contributed by atoms with Crippen LogP contribution in [0, 0.1) is 11.7 Å². The standard InChI is InChI=1S/C11H9ClN4S/c1-6-9-10(14-11(17)13-9)16(15-6)8-4-2-7(12)3-5-8/h2-5H,1H3,(H2,13,14,17). The van der Waals surface area contributed by atoms with Gasteiger partial charge in [0.15, 0.2) is 10.4 Å². The third kappa shape index (κ3) is 1.67. The fourth-order valence-electron chi connectivity index (χ4n) is 1.81. The van der Waals surface area contributed by atoms with Gasteiger partial charge in [0.05, 0.1) is 11.4 Å². The number of halogens is 1. The van der Waals surface area contributed by atoms with Gasteiger partial charge in [0.1, 0.15) is 5.52 Å². The maximum atomic E-state index is 5.87. The molecule has 0 aliphatic heterocycles. The lowest BCUT2D eigenvalue weighted by molar-refractivity contribution is 0.874. The zero-order valence-corrected chi connectivity index (χ0v) is 10.6. The summed E-state index contributed by atoms with van der Waals surface area (Å²) in [5, 5.41) is 5.16. The Morgan fingerprint density at radius 2 is 1.94 bits per heavy atom. The maximum Gasteiger partial charge on any atom is 0.176 e. The topological polar surface area (TPSA) is 49.4 Å². The largest absolute Gasteiger partial charge is 0.328 e. The number of aryl methyl sites for hydroxylation is 1. The first kappa shape index (κ1) is 10.6. The highest BCUT2D eigenvalue weighted by molar-refractivity contribution is 7.71. The van der Waals surface area contributed by atoms with Crippen LogP contribution >= 0.6 is 23.8 Å². The molecule has 0 aliphatic rings. The van der Waals surface area contributed by atoms with Crippen LogP contribution in [0.2, 0.25) is 5.02 Å². The van der Waals surface area contributed by atoms with E-state index in [0.29, 0.717) is 9.79 Å². The second-order valence-corrected chi connectivity index (χ2v) is 4.62. The van der Waals surface area contributed by atoms with Crippen molar-refractivity contribution in [2.24, 2.45) is 0 Å². The van der Waals surface area contributed by atoms with Crippen LogP contribution < -0.4 is 0 Å². The molecule has 0 aliphatic carbocycles. The molecule has 0 fully saturated rings. The van der Waals surface area contributed by atoms with Gasteiger partial charge >= 0.3 is 0 Å². The van der Waals surface area contributed by atoms with Crippen LogP contribution in [0.5, 0.6) is 0 Å². The number of H-pyrrole nitrogens is 2. The van der Waals surface area contributed by atoms with Crippen molar-refractivity contribution in [3.63, 3.8) is 0 Å². The summed E-state index contributed by atoms with van der Waals surface area (Å²) in [7, 11) is 0. The van der Waals surface area contributed by atoms with E-state index in [1.807, 2.05) is 35.9 Å². The van der Waals surface area contributed by atoms with Crippen molar-refractivity contribution in [3.05, 3.63) is 39.8 Å². The van der Waals surface area contributed by atoms with Crippen molar-refractivity contribution in [1.82, 2.24) is 19.7 Å². The molecule has 6 heteroatoms. The molecule has 0 saturated carbocycles. The highest BCUT2D eigenvalue weighted by atomic mass is 35.5. The Balaban J connectivity index is 2.29. The number of nitrogens with zero attached hydrogens (tertiary/aromatic N) is 2. The summed E-state index contributed by atoms with van der Waals surface area (Å²) in [6, 6.07) is 7.50. The quantitative estimate of drug-likeness (QED) is 0.662. The number of nitrogens with one attached hydrogen (secondary N) is 2. The molecule has 0 bridgehead atoms. The van der Waals surface area contributed by atoms with Gasteiger partial charge in [-0.1, -0.05) is 11.6 Å². The van der Waals surface area contributed by atoms with Crippen LogP contribution in [0.25, 0.3) is 16.9 Å². The molecule has 17 heavy (non-hydrogen) atoms. The molecule has 1 aromatic carbocycles. The Morgan fingerprint density at radius 3 is 2.65 bits per heavy atom. The van der Waals surface area contributed by atoms with Crippen LogP contribution in [0.1, 0.15) is 5.69 Å². The molecule has 3 aromatic rings. The van der Waals surface area contributed by atoms with E-state index < -0.39 is 0 Å². The molecule has 0 saturated heterocycles. The molecular weight excluding hydrogens is 256 g/mol. The summed E-state index contributed by atoms with van der Waals surface area (Å²) < 4.78 is 2.41. The number of imidazole rings is 1. The summed E-state index contributed by atoms with van der Waals surface area (Å²) in [5.74, 6) is 0. The maximum absolute atomic E-state index is 5.87. The highest BCUT2D eigenvalue weighted by Crippen LogP contribution is 2.20. The predicted molar refractivity (Wildman–Crippen MR) is 70.4 cm³/mol. The number of benzene rings is 1. The van der Waals surface area contributed by atoms with Gasteiger partial charge in [-0.25, -0.2) is 4.68 Å². The van der Waals surface area contributed by atoms with Crippen molar-refractivity contribution >= 4 is 35.0 Å². The fourth-order valence-corrected chi connectivity index (χ4v) is 2.14. The zero-order valence-electron chi connectivity index (χ0n) is 8.99. The van der Waals surface area contributed by atoms with Crippen molar-refractivity contribution in [2.75, 3.05) is 0 Å². The molecule has 2 aromatic heterocycles. The minimum absolute atomic E-state index is 0.600. The molecule has 3 rings (SSSR count). The lowest BCUT2D eigenvalue weighted by Gasteiger charge is -2.01. The Morgan fingerprint density at radius 1 is 1.24 bits per heavy atom. The van der Waals surface area contributed by atoms with Gasteiger partial charge in [0.25, 0.3) is 0 Å². The number of hydrogen-bond donors (Lipinski definition) is 2. The zero-order chi connectivity index (χ0) is 12.0. The van der Waals surface area contributed by atoms with Crippen molar-refractivity contribution in [1.29, 1.82) is 0 Å². The minimum Gasteiger partial charge on any atom is -0.328 e. The van der Waals surface area contributed by atoms with Crippen molar-refractivity contribution < 1.29 is 0 Å². The lowest BCUT2D eigenvalue weighted by atomic mass is 10.3. The predicted octanol–water partition coefficient (Wildman–Crippen LogP) is 3.37. The third-order valence-corrected chi connectivity index (χ3v) is 3.06. The van der Waals surface area contributed by atoms with E-state index in [4.69, 9.17) is 23.8 Å². The number of fused-ring (bicyclic) bond motifs is 1. The van der Waals surface area contributed by atoms with E-state index in [1.165, 1.54) is 0 Å². The molecule has 86 valence electrons. The van der Waals surface area contributed by atoms with Crippen molar-refractivity contribution in [2.45, 2.75) is 6.92 Å². The summed E-state index contributed by atoms with van der Waals surface area (Å²) in [5.41, 5.74) is 3.65. The molecular formula is C11H9ClN4S. The van der Waals surface area contributed by atoms with E-state index in [9.17, 15) is 0 Å². The Bertz CT molecular complexity index is 735. The molecule has 4 nitrogen and oxygen atoms in total. The first-order chi connectivity index (χ1) is 8.15. The molecule has 0 radical (unpaired) electrons. The molecule has 0 amide bonds. The normalized spacial score (nSPS) is 11.2. The SMILES string of the molecule is Cc1nn(-c2ccc(Cl)cc2)c2[nH]c(=S)[nH]c12. The molecule has 0 atom stereocenters. The van der Waals surface area contributed by atoms with E-state index in [0.717, 1.165) is 22.5 Å². The summed E-state index contributed by atoms with van der Waals surface area (Å²) >= 11 is 10.9. The Kier molecular flexibility index (Phi) is 2.31. The van der Waals surface area contributed by atoms with E-state index in [1.54, 1.807) is 0 Å². The van der Waals surface area contributed by atoms with E-state index in [2.05, 4.69) is 15.1 Å². The monoisotopic (exact) mass is 264 g/mol. The van der Waals surface area contributed by atoms with Gasteiger partial charge in [0, 0.05) is 5.02 Å². The van der Waals surface area contributed by atoms with Gasteiger partial charge in [-0.15, -0.1) is 0 Å². The van der Waals surface area contributed by atoms with Crippen LogP contribution in [0.4, 0.5) is 0 Å². The smallest absolute Gasteiger partial charge is 0.176 e. The Hall–Kier alpha value is -1.59. The lowest BCUT2D eigenvalue weighted by Crippen LogP contribution is -1.96. The summed E-state index contributed by atoms with van der Waals surface area (Å²) in [6.45, 7) is 1.94. The molecule has 0 spiro atoms. The Labute approximate surface area is 107 Å².